The van der Waals surface area contributed by atoms with Crippen LogP contribution >= 0.6 is 11.8 Å². The highest BCUT2D eigenvalue weighted by Crippen LogP contribution is 2.25. The maximum atomic E-state index is 12.3. The molecule has 1 aliphatic rings. The van der Waals surface area contributed by atoms with E-state index in [-0.39, 0.29) is 11.2 Å². The van der Waals surface area contributed by atoms with E-state index >= 15 is 0 Å². The van der Waals surface area contributed by atoms with Gasteiger partial charge in [0, 0.05) is 19.5 Å². The molecule has 1 aromatic heterocycles. The number of hydrogen-bond donors (Lipinski definition) is 1. The number of amides is 1. The number of aryl methyl sites for hydroxylation is 1. The molecule has 0 bridgehead atoms. The van der Waals surface area contributed by atoms with Gasteiger partial charge in [0.2, 0.25) is 5.91 Å². The lowest BCUT2D eigenvalue weighted by molar-refractivity contribution is -0.120. The van der Waals surface area contributed by atoms with Crippen LogP contribution in [0.3, 0.4) is 0 Å². The van der Waals surface area contributed by atoms with Crippen molar-refractivity contribution in [3.8, 4) is 0 Å². The van der Waals surface area contributed by atoms with Crippen LogP contribution < -0.4 is 5.32 Å². The molecule has 0 aliphatic carbocycles. The van der Waals surface area contributed by atoms with E-state index in [1.54, 1.807) is 0 Å². The Labute approximate surface area is 140 Å². The summed E-state index contributed by atoms with van der Waals surface area (Å²) in [5.41, 5.74) is 1.11. The van der Waals surface area contributed by atoms with Crippen LogP contribution in [0.1, 0.15) is 37.6 Å². The zero-order valence-electron chi connectivity index (χ0n) is 13.4. The number of hydrogen-bond acceptors (Lipinski definition) is 4. The average molecular weight is 330 g/mol. The predicted octanol–water partition coefficient (Wildman–Crippen LogP) is 2.80. The smallest absolute Gasteiger partial charge is 0.233 e. The number of carbonyl (C=O) groups excluding carboxylic acids is 1. The van der Waals surface area contributed by atoms with Gasteiger partial charge in [-0.15, -0.1) is 10.2 Å². The lowest BCUT2D eigenvalue weighted by Gasteiger charge is -2.12. The summed E-state index contributed by atoms with van der Waals surface area (Å²) in [6.07, 6.45) is 4.56. The molecular weight excluding hydrogens is 308 g/mol. The molecule has 0 saturated heterocycles. The van der Waals surface area contributed by atoms with Crippen LogP contribution in [0.2, 0.25) is 0 Å². The van der Waals surface area contributed by atoms with Gasteiger partial charge >= 0.3 is 0 Å². The zero-order chi connectivity index (χ0) is 16.1. The summed E-state index contributed by atoms with van der Waals surface area (Å²) >= 11 is 1.49. The fourth-order valence-corrected chi connectivity index (χ4v) is 3.60. The van der Waals surface area contributed by atoms with Gasteiger partial charge < -0.3 is 9.88 Å². The Kier molecular flexibility index (Phi) is 5.33. The molecule has 1 aromatic carbocycles. The first kappa shape index (κ1) is 16.1. The van der Waals surface area contributed by atoms with Gasteiger partial charge in [-0.2, -0.15) is 0 Å². The van der Waals surface area contributed by atoms with Gasteiger partial charge in [-0.05, 0) is 25.3 Å². The molecular formula is C17H22N4OS. The zero-order valence-corrected chi connectivity index (χ0v) is 14.2. The number of thioether (sulfide) groups is 1. The number of rotatable bonds is 5. The van der Waals surface area contributed by atoms with E-state index in [4.69, 9.17) is 0 Å². The summed E-state index contributed by atoms with van der Waals surface area (Å²) < 4.78 is 2.18. The van der Waals surface area contributed by atoms with Crippen LogP contribution in [-0.2, 0) is 24.3 Å². The van der Waals surface area contributed by atoms with Crippen LogP contribution in [0.4, 0.5) is 0 Å². The highest BCUT2D eigenvalue weighted by molar-refractivity contribution is 8.00. The predicted molar refractivity (Wildman–Crippen MR) is 91.2 cm³/mol. The molecule has 1 amide bonds. The summed E-state index contributed by atoms with van der Waals surface area (Å²) in [5, 5.41) is 12.2. The van der Waals surface area contributed by atoms with Crippen LogP contribution in [0.25, 0.3) is 0 Å². The number of fused-ring (bicyclic) bond motifs is 1. The highest BCUT2D eigenvalue weighted by atomic mass is 32.2. The molecule has 0 saturated carbocycles. The molecule has 0 fully saturated rings. The van der Waals surface area contributed by atoms with Gasteiger partial charge in [-0.1, -0.05) is 48.5 Å². The van der Waals surface area contributed by atoms with E-state index in [1.807, 2.05) is 37.3 Å². The molecule has 2 heterocycles. The van der Waals surface area contributed by atoms with E-state index in [1.165, 1.54) is 24.6 Å². The fourth-order valence-electron chi connectivity index (χ4n) is 2.69. The van der Waals surface area contributed by atoms with E-state index in [0.717, 1.165) is 35.9 Å². The Balaban J connectivity index is 1.57. The van der Waals surface area contributed by atoms with Crippen molar-refractivity contribution in [2.45, 2.75) is 56.1 Å². The Morgan fingerprint density at radius 1 is 1.26 bits per heavy atom. The van der Waals surface area contributed by atoms with Gasteiger partial charge in [0.1, 0.15) is 5.82 Å². The monoisotopic (exact) mass is 330 g/mol. The minimum atomic E-state index is -0.185. The molecule has 0 radical (unpaired) electrons. The third kappa shape index (κ3) is 4.13. The Morgan fingerprint density at radius 3 is 2.91 bits per heavy atom. The maximum absolute atomic E-state index is 12.3. The molecule has 2 aromatic rings. The van der Waals surface area contributed by atoms with Gasteiger partial charge in [-0.25, -0.2) is 0 Å². The van der Waals surface area contributed by atoms with Crippen molar-refractivity contribution in [3.63, 3.8) is 0 Å². The lowest BCUT2D eigenvalue weighted by atomic mass is 10.2. The van der Waals surface area contributed by atoms with Crippen LogP contribution in [-0.4, -0.2) is 25.9 Å². The van der Waals surface area contributed by atoms with E-state index in [2.05, 4.69) is 20.1 Å². The van der Waals surface area contributed by atoms with Crippen LogP contribution in [0.5, 0.6) is 0 Å². The first-order valence-electron chi connectivity index (χ1n) is 8.14. The average Bonchev–Trinajstić information content (AvgIpc) is 2.81. The van der Waals surface area contributed by atoms with Crippen molar-refractivity contribution in [1.29, 1.82) is 0 Å². The summed E-state index contributed by atoms with van der Waals surface area (Å²) in [7, 11) is 0. The van der Waals surface area contributed by atoms with Crippen LogP contribution in [0.15, 0.2) is 35.5 Å². The van der Waals surface area contributed by atoms with E-state index in [0.29, 0.717) is 6.54 Å². The summed E-state index contributed by atoms with van der Waals surface area (Å²) in [6, 6.07) is 9.95. The van der Waals surface area contributed by atoms with Gasteiger partial charge in [0.25, 0.3) is 0 Å². The number of aromatic nitrogens is 3. The second kappa shape index (κ2) is 7.64. The molecule has 23 heavy (non-hydrogen) atoms. The minimum absolute atomic E-state index is 0.0322. The SMILES string of the molecule is C[C@@H](Sc1nnc2n1CCCCC2)C(=O)NCc1ccccc1. The van der Waals surface area contributed by atoms with Crippen molar-refractivity contribution < 1.29 is 4.79 Å². The minimum Gasteiger partial charge on any atom is -0.351 e. The summed E-state index contributed by atoms with van der Waals surface area (Å²) in [6.45, 7) is 3.44. The van der Waals surface area contributed by atoms with Crippen molar-refractivity contribution in [3.05, 3.63) is 41.7 Å². The summed E-state index contributed by atoms with van der Waals surface area (Å²) in [5.74, 6) is 1.09. The number of benzene rings is 1. The molecule has 1 N–H and O–H groups in total. The molecule has 0 unspecified atom stereocenters. The van der Waals surface area contributed by atoms with E-state index in [9.17, 15) is 4.79 Å². The van der Waals surface area contributed by atoms with Crippen molar-refractivity contribution >= 4 is 17.7 Å². The van der Waals surface area contributed by atoms with Crippen molar-refractivity contribution in [2.75, 3.05) is 0 Å². The first-order chi connectivity index (χ1) is 11.2. The second-order valence-electron chi connectivity index (χ2n) is 5.82. The number of nitrogens with one attached hydrogen (secondary N) is 1. The fraction of sp³-hybridized carbons (Fsp3) is 0.471. The van der Waals surface area contributed by atoms with E-state index < -0.39 is 0 Å². The number of nitrogens with zero attached hydrogens (tertiary/aromatic N) is 3. The molecule has 6 heteroatoms. The topological polar surface area (TPSA) is 59.8 Å². The largest absolute Gasteiger partial charge is 0.351 e. The Hall–Kier alpha value is -1.82. The third-order valence-electron chi connectivity index (χ3n) is 4.04. The molecule has 1 atom stereocenters. The lowest BCUT2D eigenvalue weighted by Crippen LogP contribution is -2.30. The van der Waals surface area contributed by atoms with Gasteiger partial charge in [0.05, 0.1) is 5.25 Å². The summed E-state index contributed by atoms with van der Waals surface area (Å²) in [4.78, 5) is 12.3. The Morgan fingerprint density at radius 2 is 2.09 bits per heavy atom. The quantitative estimate of drug-likeness (QED) is 0.857. The highest BCUT2D eigenvalue weighted by Gasteiger charge is 2.20. The van der Waals surface area contributed by atoms with Gasteiger partial charge in [-0.3, -0.25) is 4.79 Å². The van der Waals surface area contributed by atoms with Crippen LogP contribution in [0, 0.1) is 0 Å². The standard InChI is InChI=1S/C17H22N4OS/c1-13(16(22)18-12-14-8-4-2-5-9-14)23-17-20-19-15-10-6-3-7-11-21(15)17/h2,4-5,8-9,13H,3,6-7,10-12H2,1H3,(H,18,22)/t13-/m1/s1. The number of carbonyl (C=O) groups is 1. The third-order valence-corrected chi connectivity index (χ3v) is 5.12. The molecule has 1 aliphatic heterocycles. The molecule has 122 valence electrons. The normalized spacial score (nSPS) is 15.5. The molecule has 3 rings (SSSR count). The maximum Gasteiger partial charge on any atom is 0.233 e. The second-order valence-corrected chi connectivity index (χ2v) is 7.13. The van der Waals surface area contributed by atoms with Gasteiger partial charge in [0.15, 0.2) is 5.16 Å². The molecule has 5 nitrogen and oxygen atoms in total. The first-order valence-corrected chi connectivity index (χ1v) is 9.02. The van der Waals surface area contributed by atoms with Crippen molar-refractivity contribution in [1.82, 2.24) is 20.1 Å². The van der Waals surface area contributed by atoms with Crippen molar-refractivity contribution in [2.24, 2.45) is 0 Å². The Bertz CT molecular complexity index is 656. The molecule has 0 spiro atoms.